The Morgan fingerprint density at radius 3 is 2.54 bits per heavy atom. The summed E-state index contributed by atoms with van der Waals surface area (Å²) in [6, 6.07) is 15.7. The quantitative estimate of drug-likeness (QED) is 0.577. The minimum Gasteiger partial charge on any atom is -0.508 e. The first kappa shape index (κ1) is 19.4. The fraction of sp³-hybridized carbons (Fsp3) is 0.100. The first-order chi connectivity index (χ1) is 13.5. The van der Waals surface area contributed by atoms with Crippen molar-refractivity contribution in [3.63, 3.8) is 0 Å². The predicted molar refractivity (Wildman–Crippen MR) is 111 cm³/mol. The van der Waals surface area contributed by atoms with Gasteiger partial charge in [-0.25, -0.2) is 0 Å². The number of nitrogens with zero attached hydrogens (tertiary/aromatic N) is 3. The van der Waals surface area contributed by atoms with Crippen LogP contribution in [-0.2, 0) is 9.59 Å². The number of thioether (sulfide) groups is 1. The maximum Gasteiger partial charge on any atom is 0.305 e. The van der Waals surface area contributed by atoms with Gasteiger partial charge in [0, 0.05) is 6.21 Å². The second-order valence-electron chi connectivity index (χ2n) is 5.81. The van der Waals surface area contributed by atoms with Crippen molar-refractivity contribution in [1.29, 1.82) is 0 Å². The Labute approximate surface area is 165 Å². The van der Waals surface area contributed by atoms with Crippen molar-refractivity contribution in [2.75, 3.05) is 4.90 Å². The molecule has 28 heavy (non-hydrogen) atoms. The van der Waals surface area contributed by atoms with E-state index in [1.54, 1.807) is 18.2 Å². The predicted octanol–water partition coefficient (Wildman–Crippen LogP) is 3.37. The standard InChI is InChI=1S/C20H17N3O4S/c24-16-10-8-15(9-11-16)23-19(27)17(13-18(25)26)28-20(23)22-21-12-4-7-14-5-2-1-3-6-14/h1-12,17,24H,13H2,(H,25,26)/b7-4-,21-12+,22-20+/t17-/m1/s1. The molecule has 2 aromatic carbocycles. The van der Waals surface area contributed by atoms with Crippen molar-refractivity contribution >= 4 is 46.8 Å². The first-order valence-corrected chi connectivity index (χ1v) is 9.27. The van der Waals surface area contributed by atoms with E-state index in [4.69, 9.17) is 5.11 Å². The van der Waals surface area contributed by atoms with Gasteiger partial charge in [-0.15, -0.1) is 5.10 Å². The number of allylic oxidation sites excluding steroid dienone is 1. The molecule has 0 unspecified atom stereocenters. The molecule has 0 aromatic heterocycles. The Morgan fingerprint density at radius 2 is 1.86 bits per heavy atom. The van der Waals surface area contributed by atoms with Crippen molar-refractivity contribution < 1.29 is 19.8 Å². The lowest BCUT2D eigenvalue weighted by Gasteiger charge is -2.15. The van der Waals surface area contributed by atoms with Crippen LogP contribution in [0.3, 0.4) is 0 Å². The normalized spacial score (nSPS) is 18.6. The fourth-order valence-electron chi connectivity index (χ4n) is 2.50. The highest BCUT2D eigenvalue weighted by Gasteiger charge is 2.40. The lowest BCUT2D eigenvalue weighted by atomic mass is 10.2. The molecule has 1 fully saturated rings. The molecule has 0 aliphatic carbocycles. The SMILES string of the molecule is O=C(O)C[C@H]1S/C(=N/N=C/C=C\c2ccccc2)N(c2ccc(O)cc2)C1=O. The Morgan fingerprint density at radius 1 is 1.14 bits per heavy atom. The largest absolute Gasteiger partial charge is 0.508 e. The second-order valence-corrected chi connectivity index (χ2v) is 6.98. The zero-order chi connectivity index (χ0) is 19.9. The number of amidine groups is 1. The van der Waals surface area contributed by atoms with Gasteiger partial charge < -0.3 is 10.2 Å². The number of phenols is 1. The van der Waals surface area contributed by atoms with E-state index < -0.39 is 11.2 Å². The van der Waals surface area contributed by atoms with Gasteiger partial charge in [-0.2, -0.15) is 5.10 Å². The van der Waals surface area contributed by atoms with Crippen LogP contribution in [0.25, 0.3) is 6.08 Å². The number of rotatable bonds is 6. The van der Waals surface area contributed by atoms with Crippen LogP contribution in [0, 0.1) is 0 Å². The summed E-state index contributed by atoms with van der Waals surface area (Å²) in [4.78, 5) is 25.0. The molecule has 7 nitrogen and oxygen atoms in total. The molecular weight excluding hydrogens is 378 g/mol. The van der Waals surface area contributed by atoms with E-state index >= 15 is 0 Å². The van der Waals surface area contributed by atoms with Crippen LogP contribution in [0.1, 0.15) is 12.0 Å². The van der Waals surface area contributed by atoms with Crippen molar-refractivity contribution in [1.82, 2.24) is 0 Å². The van der Waals surface area contributed by atoms with Crippen LogP contribution in [0.2, 0.25) is 0 Å². The number of hydrogen-bond acceptors (Lipinski definition) is 6. The van der Waals surface area contributed by atoms with E-state index in [1.807, 2.05) is 36.4 Å². The average molecular weight is 395 g/mol. The fourth-order valence-corrected chi connectivity index (χ4v) is 3.59. The molecule has 1 heterocycles. The average Bonchev–Trinajstić information content (AvgIpc) is 2.98. The number of benzene rings is 2. The summed E-state index contributed by atoms with van der Waals surface area (Å²) in [5, 5.41) is 26.0. The van der Waals surface area contributed by atoms with Gasteiger partial charge in [0.2, 0.25) is 5.91 Å². The van der Waals surface area contributed by atoms with Crippen LogP contribution in [0.4, 0.5) is 5.69 Å². The number of phenolic OH excluding ortho intramolecular Hbond substituents is 1. The van der Waals surface area contributed by atoms with Crippen molar-refractivity contribution in [3.05, 3.63) is 66.2 Å². The molecular formula is C20H17N3O4S. The lowest BCUT2D eigenvalue weighted by molar-refractivity contribution is -0.138. The summed E-state index contributed by atoms with van der Waals surface area (Å²) in [5.74, 6) is -1.38. The highest BCUT2D eigenvalue weighted by Crippen LogP contribution is 2.34. The van der Waals surface area contributed by atoms with Gasteiger partial charge in [0.15, 0.2) is 5.17 Å². The number of carboxylic acids is 1. The summed E-state index contributed by atoms with van der Waals surface area (Å²) >= 11 is 1.05. The van der Waals surface area contributed by atoms with Gasteiger partial charge in [-0.05, 0) is 35.9 Å². The van der Waals surface area contributed by atoms with Crippen LogP contribution in [0.15, 0.2) is 70.9 Å². The summed E-state index contributed by atoms with van der Waals surface area (Å²) in [6.07, 6.45) is 4.77. The van der Waals surface area contributed by atoms with Gasteiger partial charge >= 0.3 is 5.97 Å². The topological polar surface area (TPSA) is 103 Å². The minimum absolute atomic E-state index is 0.0627. The van der Waals surface area contributed by atoms with E-state index in [9.17, 15) is 14.7 Å². The molecule has 0 bridgehead atoms. The maximum atomic E-state index is 12.6. The van der Waals surface area contributed by atoms with Crippen LogP contribution >= 0.6 is 11.8 Å². The molecule has 142 valence electrons. The minimum atomic E-state index is -1.06. The number of carbonyl (C=O) groups is 2. The molecule has 2 N–H and O–H groups in total. The first-order valence-electron chi connectivity index (χ1n) is 8.39. The number of anilines is 1. The van der Waals surface area contributed by atoms with E-state index in [2.05, 4.69) is 10.2 Å². The molecule has 1 saturated heterocycles. The third kappa shape index (κ3) is 4.86. The summed E-state index contributed by atoms with van der Waals surface area (Å²) in [5.41, 5.74) is 1.50. The van der Waals surface area contributed by atoms with Gasteiger partial charge in [-0.1, -0.05) is 48.2 Å². The van der Waals surface area contributed by atoms with Crippen molar-refractivity contribution in [2.45, 2.75) is 11.7 Å². The Balaban J connectivity index is 1.80. The van der Waals surface area contributed by atoms with Crippen LogP contribution in [-0.4, -0.2) is 38.7 Å². The second kappa shape index (κ2) is 9.01. The summed E-state index contributed by atoms with van der Waals surface area (Å²) in [6.45, 7) is 0. The number of aromatic hydroxyl groups is 1. The van der Waals surface area contributed by atoms with Crippen LogP contribution in [0.5, 0.6) is 5.75 Å². The zero-order valence-corrected chi connectivity index (χ0v) is 15.5. The molecule has 0 saturated carbocycles. The highest BCUT2D eigenvalue weighted by atomic mass is 32.2. The summed E-state index contributed by atoms with van der Waals surface area (Å²) in [7, 11) is 0. The van der Waals surface area contributed by atoms with E-state index in [0.717, 1.165) is 17.3 Å². The zero-order valence-electron chi connectivity index (χ0n) is 14.7. The van der Waals surface area contributed by atoms with E-state index in [1.165, 1.54) is 23.2 Å². The van der Waals surface area contributed by atoms with Gasteiger partial charge in [0.1, 0.15) is 11.0 Å². The van der Waals surface area contributed by atoms with Crippen molar-refractivity contribution in [2.24, 2.45) is 10.2 Å². The Kier molecular flexibility index (Phi) is 6.23. The number of carbonyl (C=O) groups excluding carboxylic acids is 1. The Hall–Kier alpha value is -3.39. The Bertz CT molecular complexity index is 940. The number of carboxylic acid groups (broad SMARTS) is 1. The van der Waals surface area contributed by atoms with Crippen molar-refractivity contribution in [3.8, 4) is 5.75 Å². The molecule has 1 aliphatic heterocycles. The van der Waals surface area contributed by atoms with Gasteiger partial charge in [0.25, 0.3) is 0 Å². The number of aliphatic carboxylic acids is 1. The van der Waals surface area contributed by atoms with E-state index in [0.29, 0.717) is 5.69 Å². The van der Waals surface area contributed by atoms with Crippen LogP contribution < -0.4 is 4.90 Å². The molecule has 0 radical (unpaired) electrons. The number of amides is 1. The van der Waals surface area contributed by atoms with Gasteiger partial charge in [0.05, 0.1) is 12.1 Å². The lowest BCUT2D eigenvalue weighted by Crippen LogP contribution is -2.32. The molecule has 1 amide bonds. The van der Waals surface area contributed by atoms with E-state index in [-0.39, 0.29) is 23.2 Å². The maximum absolute atomic E-state index is 12.6. The smallest absolute Gasteiger partial charge is 0.305 e. The highest BCUT2D eigenvalue weighted by molar-refractivity contribution is 8.16. The summed E-state index contributed by atoms with van der Waals surface area (Å²) < 4.78 is 0. The molecule has 8 heteroatoms. The number of hydrogen-bond donors (Lipinski definition) is 2. The third-order valence-corrected chi connectivity index (χ3v) is 4.91. The third-order valence-electron chi connectivity index (χ3n) is 3.79. The molecule has 3 rings (SSSR count). The van der Waals surface area contributed by atoms with Gasteiger partial charge in [-0.3, -0.25) is 14.5 Å². The monoisotopic (exact) mass is 395 g/mol. The molecule has 1 aliphatic rings. The molecule has 0 spiro atoms. The molecule has 2 aromatic rings. The molecule has 1 atom stereocenters.